The van der Waals surface area contributed by atoms with Gasteiger partial charge >= 0.3 is 0 Å². The third kappa shape index (κ3) is 2.24. The molecule has 2 aromatic heterocycles. The summed E-state index contributed by atoms with van der Waals surface area (Å²) in [6.45, 7) is 1.89. The van der Waals surface area contributed by atoms with E-state index in [1.807, 2.05) is 13.0 Å². The number of aromatic nitrogens is 4. The summed E-state index contributed by atoms with van der Waals surface area (Å²) >= 11 is 5.63. The molecule has 0 aliphatic heterocycles. The lowest BCUT2D eigenvalue weighted by molar-refractivity contribution is 0.414. The molecule has 0 aromatic carbocycles. The molecule has 2 heterocycles. The number of halogens is 1. The SMILES string of the molecule is Cc1cc(Oc2ccnc(Cl)n2)n(C)n1. The second-order valence-corrected chi connectivity index (χ2v) is 3.35. The summed E-state index contributed by atoms with van der Waals surface area (Å²) in [5, 5.41) is 4.30. The molecule has 15 heavy (non-hydrogen) atoms. The Hall–Kier alpha value is -1.62. The first-order valence-corrected chi connectivity index (χ1v) is 4.70. The molecule has 0 radical (unpaired) electrons. The lowest BCUT2D eigenvalue weighted by atomic mass is 10.5. The molecule has 0 N–H and O–H groups in total. The minimum atomic E-state index is 0.159. The summed E-state index contributed by atoms with van der Waals surface area (Å²) in [5.74, 6) is 1.01. The van der Waals surface area contributed by atoms with Crippen LogP contribution in [-0.2, 0) is 7.05 Å². The van der Waals surface area contributed by atoms with Crippen LogP contribution in [0.3, 0.4) is 0 Å². The molecular weight excluding hydrogens is 216 g/mol. The Morgan fingerprint density at radius 2 is 2.27 bits per heavy atom. The van der Waals surface area contributed by atoms with Gasteiger partial charge in [-0.2, -0.15) is 10.1 Å². The molecule has 0 unspecified atom stereocenters. The van der Waals surface area contributed by atoms with E-state index >= 15 is 0 Å². The van der Waals surface area contributed by atoms with Crippen molar-refractivity contribution in [3.05, 3.63) is 29.3 Å². The third-order valence-corrected chi connectivity index (χ3v) is 1.95. The van der Waals surface area contributed by atoms with Crippen LogP contribution in [0.4, 0.5) is 0 Å². The van der Waals surface area contributed by atoms with Gasteiger partial charge in [0.1, 0.15) is 0 Å². The third-order valence-electron chi connectivity index (χ3n) is 1.77. The summed E-state index contributed by atoms with van der Waals surface area (Å²) in [6.07, 6.45) is 1.54. The van der Waals surface area contributed by atoms with E-state index in [0.29, 0.717) is 11.8 Å². The smallest absolute Gasteiger partial charge is 0.225 e. The van der Waals surface area contributed by atoms with Gasteiger partial charge in [-0.05, 0) is 18.5 Å². The van der Waals surface area contributed by atoms with Crippen LogP contribution in [0.25, 0.3) is 0 Å². The molecule has 0 bridgehead atoms. The van der Waals surface area contributed by atoms with Crippen LogP contribution in [0.2, 0.25) is 5.28 Å². The summed E-state index contributed by atoms with van der Waals surface area (Å²) in [5.41, 5.74) is 0.882. The zero-order valence-electron chi connectivity index (χ0n) is 8.31. The standard InChI is InChI=1S/C9H9ClN4O/c1-6-5-8(14(2)13-6)15-7-3-4-11-9(10)12-7/h3-5H,1-2H3. The fourth-order valence-electron chi connectivity index (χ4n) is 1.17. The number of ether oxygens (including phenoxy) is 1. The van der Waals surface area contributed by atoms with Crippen LogP contribution < -0.4 is 4.74 Å². The van der Waals surface area contributed by atoms with Crippen molar-refractivity contribution in [3.8, 4) is 11.8 Å². The monoisotopic (exact) mass is 224 g/mol. The molecule has 5 nitrogen and oxygen atoms in total. The maximum absolute atomic E-state index is 5.63. The maximum atomic E-state index is 5.63. The van der Waals surface area contributed by atoms with Crippen LogP contribution in [0.1, 0.15) is 5.69 Å². The molecule has 0 amide bonds. The molecule has 2 aromatic rings. The number of aryl methyl sites for hydroxylation is 2. The van der Waals surface area contributed by atoms with Crippen LogP contribution >= 0.6 is 11.6 Å². The summed E-state index contributed by atoms with van der Waals surface area (Å²) in [6, 6.07) is 3.45. The Kier molecular flexibility index (Phi) is 2.55. The number of hydrogen-bond acceptors (Lipinski definition) is 4. The van der Waals surface area contributed by atoms with Crippen LogP contribution in [-0.4, -0.2) is 19.7 Å². The largest absolute Gasteiger partial charge is 0.421 e. The maximum Gasteiger partial charge on any atom is 0.225 e. The number of nitrogens with zero attached hydrogens (tertiary/aromatic N) is 4. The van der Waals surface area contributed by atoms with Gasteiger partial charge in [-0.3, -0.25) is 0 Å². The average molecular weight is 225 g/mol. The van der Waals surface area contributed by atoms with E-state index in [1.54, 1.807) is 17.8 Å². The van der Waals surface area contributed by atoms with Gasteiger partial charge in [0.05, 0.1) is 5.69 Å². The minimum absolute atomic E-state index is 0.159. The Morgan fingerprint density at radius 1 is 1.47 bits per heavy atom. The van der Waals surface area contributed by atoms with E-state index in [0.717, 1.165) is 5.69 Å². The second kappa shape index (κ2) is 3.86. The first-order chi connectivity index (χ1) is 7.15. The van der Waals surface area contributed by atoms with E-state index in [2.05, 4.69) is 15.1 Å². The van der Waals surface area contributed by atoms with Crippen molar-refractivity contribution in [2.24, 2.45) is 7.05 Å². The van der Waals surface area contributed by atoms with Crippen molar-refractivity contribution in [2.75, 3.05) is 0 Å². The Balaban J connectivity index is 2.25. The average Bonchev–Trinajstić information content (AvgIpc) is 2.45. The van der Waals surface area contributed by atoms with Crippen molar-refractivity contribution in [1.29, 1.82) is 0 Å². The quantitative estimate of drug-likeness (QED) is 0.732. The van der Waals surface area contributed by atoms with Gasteiger partial charge in [0, 0.05) is 25.4 Å². The topological polar surface area (TPSA) is 52.8 Å². The van der Waals surface area contributed by atoms with Crippen LogP contribution in [0.15, 0.2) is 18.3 Å². The number of rotatable bonds is 2. The second-order valence-electron chi connectivity index (χ2n) is 3.01. The fourth-order valence-corrected chi connectivity index (χ4v) is 1.31. The van der Waals surface area contributed by atoms with Crippen molar-refractivity contribution in [3.63, 3.8) is 0 Å². The van der Waals surface area contributed by atoms with Crippen molar-refractivity contribution < 1.29 is 4.74 Å². The van der Waals surface area contributed by atoms with E-state index in [4.69, 9.17) is 16.3 Å². The highest BCUT2D eigenvalue weighted by Gasteiger charge is 2.05. The minimum Gasteiger partial charge on any atom is -0.421 e. The normalized spacial score (nSPS) is 10.3. The zero-order chi connectivity index (χ0) is 10.8. The highest BCUT2D eigenvalue weighted by Crippen LogP contribution is 2.19. The predicted octanol–water partition coefficient (Wildman–Crippen LogP) is 1.96. The molecule has 6 heteroatoms. The first kappa shape index (κ1) is 9.92. The molecule has 0 atom stereocenters. The molecule has 0 fully saturated rings. The van der Waals surface area contributed by atoms with Gasteiger partial charge in [-0.25, -0.2) is 9.67 Å². The Morgan fingerprint density at radius 3 is 2.87 bits per heavy atom. The summed E-state index contributed by atoms with van der Waals surface area (Å²) in [4.78, 5) is 7.67. The molecule has 0 saturated heterocycles. The van der Waals surface area contributed by atoms with E-state index in [-0.39, 0.29) is 5.28 Å². The molecule has 0 saturated carbocycles. The first-order valence-electron chi connectivity index (χ1n) is 4.32. The van der Waals surface area contributed by atoms with E-state index < -0.39 is 0 Å². The zero-order valence-corrected chi connectivity index (χ0v) is 9.06. The molecule has 0 aliphatic carbocycles. The van der Waals surface area contributed by atoms with Gasteiger partial charge in [0.2, 0.25) is 17.0 Å². The van der Waals surface area contributed by atoms with E-state index in [1.165, 1.54) is 6.20 Å². The van der Waals surface area contributed by atoms with Gasteiger partial charge in [0.15, 0.2) is 0 Å². The van der Waals surface area contributed by atoms with Crippen LogP contribution in [0.5, 0.6) is 11.8 Å². The Labute approximate surface area is 91.7 Å². The van der Waals surface area contributed by atoms with Crippen molar-refractivity contribution in [1.82, 2.24) is 19.7 Å². The lowest BCUT2D eigenvalue weighted by Gasteiger charge is -2.03. The van der Waals surface area contributed by atoms with Gasteiger partial charge < -0.3 is 4.74 Å². The highest BCUT2D eigenvalue weighted by molar-refractivity contribution is 6.28. The summed E-state index contributed by atoms with van der Waals surface area (Å²) < 4.78 is 7.11. The Bertz CT molecular complexity index is 483. The van der Waals surface area contributed by atoms with Crippen molar-refractivity contribution >= 4 is 11.6 Å². The number of hydrogen-bond donors (Lipinski definition) is 0. The molecule has 78 valence electrons. The lowest BCUT2D eigenvalue weighted by Crippen LogP contribution is -1.96. The van der Waals surface area contributed by atoms with Crippen LogP contribution in [0, 0.1) is 6.92 Å². The fraction of sp³-hybridized carbons (Fsp3) is 0.222. The van der Waals surface area contributed by atoms with E-state index in [9.17, 15) is 0 Å². The molecule has 0 spiro atoms. The van der Waals surface area contributed by atoms with Gasteiger partial charge in [-0.15, -0.1) is 0 Å². The summed E-state index contributed by atoms with van der Waals surface area (Å²) in [7, 11) is 1.80. The highest BCUT2D eigenvalue weighted by atomic mass is 35.5. The molecule has 0 aliphatic rings. The van der Waals surface area contributed by atoms with Crippen molar-refractivity contribution in [2.45, 2.75) is 6.92 Å². The van der Waals surface area contributed by atoms with Gasteiger partial charge in [-0.1, -0.05) is 0 Å². The van der Waals surface area contributed by atoms with Gasteiger partial charge in [0.25, 0.3) is 0 Å². The molecule has 2 rings (SSSR count). The molecular formula is C9H9ClN4O. The predicted molar refractivity (Wildman–Crippen MR) is 55.1 cm³/mol.